The Morgan fingerprint density at radius 1 is 0.607 bits per heavy atom. The first-order valence-corrected chi connectivity index (χ1v) is 10.9. The highest BCUT2D eigenvalue weighted by Crippen LogP contribution is 2.36. The van der Waals surface area contributed by atoms with E-state index in [0.29, 0.717) is 12.1 Å². The molecule has 1 aliphatic carbocycles. The molecule has 0 aromatic carbocycles. The van der Waals surface area contributed by atoms with E-state index in [9.17, 15) is 0 Å². The third kappa shape index (κ3) is 12.3. The zero-order chi connectivity index (χ0) is 19.7. The summed E-state index contributed by atoms with van der Waals surface area (Å²) in [6.45, 7) is 22.0. The minimum absolute atomic E-state index is 0. The van der Waals surface area contributed by atoms with Crippen molar-refractivity contribution < 1.29 is 20.4 Å². The van der Waals surface area contributed by atoms with Crippen molar-refractivity contribution >= 4 is 0 Å². The number of hydrogen-bond donors (Lipinski definition) is 2. The van der Waals surface area contributed by atoms with Gasteiger partial charge >= 0.3 is 0 Å². The molecule has 172 valence electrons. The molecule has 6 heteroatoms. The number of rotatable bonds is 0. The maximum absolute atomic E-state index is 5.17. The van der Waals surface area contributed by atoms with Crippen LogP contribution in [-0.4, -0.2) is 49.7 Å². The first-order chi connectivity index (χ1) is 12.2. The average Bonchev–Trinajstić information content (AvgIpc) is 2.59. The fourth-order valence-electron chi connectivity index (χ4n) is 3.95. The highest BCUT2D eigenvalue weighted by Gasteiger charge is 2.27. The Morgan fingerprint density at radius 2 is 1.04 bits per heavy atom. The van der Waals surface area contributed by atoms with Gasteiger partial charge in [0.25, 0.3) is 0 Å². The Labute approximate surface area is 174 Å². The normalized spacial score (nSPS) is 40.3. The third-order valence-corrected chi connectivity index (χ3v) is 6.12. The van der Waals surface area contributed by atoms with Gasteiger partial charge in [0, 0.05) is 19.0 Å². The van der Waals surface area contributed by atoms with Crippen LogP contribution in [0.1, 0.15) is 68.2 Å². The molecule has 28 heavy (non-hydrogen) atoms. The first kappa shape index (κ1) is 30.0. The van der Waals surface area contributed by atoms with E-state index in [1.54, 1.807) is 0 Å². The van der Waals surface area contributed by atoms with Gasteiger partial charge in [-0.25, -0.2) is 0 Å². The summed E-state index contributed by atoms with van der Waals surface area (Å²) in [4.78, 5) is 0. The quantitative estimate of drug-likeness (QED) is 0.645. The Hall–Kier alpha value is -0.240. The molecule has 1 saturated carbocycles. The monoisotopic (exact) mass is 406 g/mol. The topological polar surface area (TPSA) is 106 Å². The van der Waals surface area contributed by atoms with Crippen LogP contribution in [0.15, 0.2) is 0 Å². The SMILES string of the molecule is CC1CC(C)C(C)C(C)C1.CC1CNC(C)NC1.CC1COC(C)OC1.O.O. The predicted octanol–water partition coefficient (Wildman–Crippen LogP) is 2.85. The van der Waals surface area contributed by atoms with Crippen LogP contribution in [-0.2, 0) is 9.47 Å². The van der Waals surface area contributed by atoms with E-state index in [0.717, 1.165) is 55.9 Å². The lowest BCUT2D eigenvalue weighted by Crippen LogP contribution is -2.50. The number of nitrogens with one attached hydrogen (secondary N) is 2. The van der Waals surface area contributed by atoms with Gasteiger partial charge in [-0.1, -0.05) is 41.5 Å². The molecule has 2 saturated heterocycles. The molecule has 0 spiro atoms. The van der Waals surface area contributed by atoms with Crippen molar-refractivity contribution in [3.8, 4) is 0 Å². The zero-order valence-electron chi connectivity index (χ0n) is 19.7. The van der Waals surface area contributed by atoms with Gasteiger partial charge in [0.2, 0.25) is 0 Å². The Bertz CT molecular complexity index is 304. The molecule has 0 aromatic heterocycles. The smallest absolute Gasteiger partial charge is 0.154 e. The molecule has 0 amide bonds. The molecule has 2 atom stereocenters. The second-order valence-corrected chi connectivity index (χ2v) is 9.37. The lowest BCUT2D eigenvalue weighted by molar-refractivity contribution is -0.187. The van der Waals surface area contributed by atoms with E-state index in [-0.39, 0.29) is 17.2 Å². The molecule has 2 unspecified atom stereocenters. The van der Waals surface area contributed by atoms with Crippen LogP contribution in [0.25, 0.3) is 0 Å². The Kier molecular flexibility index (Phi) is 16.7. The van der Waals surface area contributed by atoms with Gasteiger partial charge in [0.05, 0.1) is 19.4 Å². The van der Waals surface area contributed by atoms with E-state index < -0.39 is 0 Å². The summed E-state index contributed by atoms with van der Waals surface area (Å²) in [5, 5.41) is 6.64. The minimum atomic E-state index is 0. The lowest BCUT2D eigenvalue weighted by Gasteiger charge is -2.35. The van der Waals surface area contributed by atoms with E-state index in [2.05, 4.69) is 59.1 Å². The minimum Gasteiger partial charge on any atom is -0.412 e. The molecular weight excluding hydrogens is 356 g/mol. The molecule has 3 rings (SSSR count). The lowest BCUT2D eigenvalue weighted by atomic mass is 9.71. The standard InChI is InChI=1S/C10H20.C6H14N2.C6H12O2.2H2O/c1-7-5-8(2)10(4)9(3)6-7;2*1-5-3-7-6(2)8-4-5;;/h7-10H,5-6H2,1-4H3;5-8H,3-4H2,1-2H3;5-6H,3-4H2,1-2H3;2*1H2. The highest BCUT2D eigenvalue weighted by molar-refractivity contribution is 4.77. The molecule has 6 nitrogen and oxygen atoms in total. The van der Waals surface area contributed by atoms with Crippen LogP contribution in [0.2, 0.25) is 0 Å². The molecule has 3 aliphatic rings. The van der Waals surface area contributed by atoms with Gasteiger partial charge in [-0.3, -0.25) is 0 Å². The fourth-order valence-corrected chi connectivity index (χ4v) is 3.95. The fraction of sp³-hybridized carbons (Fsp3) is 1.00. The van der Waals surface area contributed by atoms with Crippen molar-refractivity contribution in [2.24, 2.45) is 35.5 Å². The summed E-state index contributed by atoms with van der Waals surface area (Å²) in [6, 6.07) is 0. The van der Waals surface area contributed by atoms with Gasteiger partial charge in [0.1, 0.15) is 0 Å². The summed E-state index contributed by atoms with van der Waals surface area (Å²) in [6.07, 6.45) is 3.44. The van der Waals surface area contributed by atoms with Gasteiger partial charge in [0.15, 0.2) is 6.29 Å². The summed E-state index contributed by atoms with van der Waals surface area (Å²) in [7, 11) is 0. The van der Waals surface area contributed by atoms with Crippen molar-refractivity contribution in [2.75, 3.05) is 26.3 Å². The van der Waals surface area contributed by atoms with E-state index in [1.165, 1.54) is 12.8 Å². The van der Waals surface area contributed by atoms with Gasteiger partial charge in [-0.15, -0.1) is 0 Å². The second kappa shape index (κ2) is 15.6. The van der Waals surface area contributed by atoms with Crippen molar-refractivity contribution in [3.05, 3.63) is 0 Å². The van der Waals surface area contributed by atoms with Crippen LogP contribution in [0.5, 0.6) is 0 Å². The molecule has 2 aliphatic heterocycles. The van der Waals surface area contributed by atoms with Crippen LogP contribution >= 0.6 is 0 Å². The summed E-state index contributed by atoms with van der Waals surface area (Å²) in [5.74, 6) is 5.22. The highest BCUT2D eigenvalue weighted by atomic mass is 16.7. The maximum atomic E-state index is 5.17. The summed E-state index contributed by atoms with van der Waals surface area (Å²) in [5.41, 5.74) is 0. The predicted molar refractivity (Wildman–Crippen MR) is 118 cm³/mol. The molecule has 3 fully saturated rings. The van der Waals surface area contributed by atoms with Crippen LogP contribution in [0.3, 0.4) is 0 Å². The van der Waals surface area contributed by atoms with Crippen LogP contribution in [0, 0.1) is 35.5 Å². The third-order valence-electron chi connectivity index (χ3n) is 6.12. The number of ether oxygens (including phenoxy) is 2. The van der Waals surface area contributed by atoms with E-state index in [1.807, 2.05) is 6.92 Å². The van der Waals surface area contributed by atoms with Gasteiger partial charge in [-0.2, -0.15) is 0 Å². The molecule has 2 heterocycles. The molecule has 0 radical (unpaired) electrons. The van der Waals surface area contributed by atoms with Crippen LogP contribution in [0.4, 0.5) is 0 Å². The summed E-state index contributed by atoms with van der Waals surface area (Å²) >= 11 is 0. The van der Waals surface area contributed by atoms with Crippen molar-refractivity contribution in [3.63, 3.8) is 0 Å². The largest absolute Gasteiger partial charge is 0.412 e. The van der Waals surface area contributed by atoms with E-state index in [4.69, 9.17) is 9.47 Å². The number of hydrogen-bond acceptors (Lipinski definition) is 4. The van der Waals surface area contributed by atoms with Crippen molar-refractivity contribution in [1.82, 2.24) is 10.6 Å². The van der Waals surface area contributed by atoms with Crippen molar-refractivity contribution in [2.45, 2.75) is 80.7 Å². The molecule has 0 bridgehead atoms. The zero-order valence-corrected chi connectivity index (χ0v) is 19.7. The molecule has 0 aromatic rings. The average molecular weight is 407 g/mol. The van der Waals surface area contributed by atoms with Gasteiger partial charge in [-0.05, 0) is 56.3 Å². The molecular formula is C22H50N2O4. The Morgan fingerprint density at radius 3 is 1.39 bits per heavy atom. The summed E-state index contributed by atoms with van der Waals surface area (Å²) < 4.78 is 10.3. The van der Waals surface area contributed by atoms with Crippen molar-refractivity contribution in [1.29, 1.82) is 0 Å². The second-order valence-electron chi connectivity index (χ2n) is 9.37. The molecule has 6 N–H and O–H groups in total. The van der Waals surface area contributed by atoms with E-state index >= 15 is 0 Å². The first-order valence-electron chi connectivity index (χ1n) is 10.9. The van der Waals surface area contributed by atoms with Crippen LogP contribution < -0.4 is 10.6 Å². The van der Waals surface area contributed by atoms with Gasteiger partial charge < -0.3 is 31.1 Å². The maximum Gasteiger partial charge on any atom is 0.154 e. The Balaban J connectivity index is 0.